The first kappa shape index (κ1) is 31.6. The van der Waals surface area contributed by atoms with Gasteiger partial charge in [-0.1, -0.05) is 37.3 Å². The SMILES string of the molecule is CCC(C)n1ncn(-c2ccc(N3CCN(c4ccc(OC[C@H]5CO[C@](Cn6nccn6)(c6ccccc6)C5)cc4F)CC3)cc2)c1=O. The summed E-state index contributed by atoms with van der Waals surface area (Å²) in [5.41, 5.74) is 2.82. The first-order chi connectivity index (χ1) is 23.4. The van der Waals surface area contributed by atoms with E-state index in [2.05, 4.69) is 37.2 Å². The van der Waals surface area contributed by atoms with Crippen molar-refractivity contribution in [2.45, 2.75) is 44.9 Å². The van der Waals surface area contributed by atoms with Crippen molar-refractivity contribution in [3.63, 3.8) is 0 Å². The maximum absolute atomic E-state index is 15.4. The van der Waals surface area contributed by atoms with Gasteiger partial charge in [0.2, 0.25) is 0 Å². The second-order valence-electron chi connectivity index (χ2n) is 12.7. The molecule has 0 N–H and O–H groups in total. The molecule has 2 aliphatic rings. The van der Waals surface area contributed by atoms with Crippen LogP contribution in [-0.4, -0.2) is 68.7 Å². The molecule has 2 aliphatic heterocycles. The van der Waals surface area contributed by atoms with Gasteiger partial charge in [0.1, 0.15) is 23.5 Å². The lowest BCUT2D eigenvalue weighted by Gasteiger charge is -2.37. The monoisotopic (exact) mass is 652 g/mol. The Morgan fingerprint density at radius 2 is 1.65 bits per heavy atom. The van der Waals surface area contributed by atoms with Crippen molar-refractivity contribution < 1.29 is 13.9 Å². The molecule has 0 amide bonds. The molecule has 5 aromatic rings. The van der Waals surface area contributed by atoms with Crippen molar-refractivity contribution in [1.82, 2.24) is 29.3 Å². The van der Waals surface area contributed by atoms with E-state index in [4.69, 9.17) is 9.47 Å². The Morgan fingerprint density at radius 3 is 2.35 bits per heavy atom. The van der Waals surface area contributed by atoms with E-state index in [1.807, 2.05) is 68.4 Å². The Kier molecular flexibility index (Phi) is 8.98. The van der Waals surface area contributed by atoms with Gasteiger partial charge < -0.3 is 19.3 Å². The van der Waals surface area contributed by atoms with Crippen LogP contribution in [0, 0.1) is 11.7 Å². The molecule has 250 valence electrons. The fraction of sp³-hybridized carbons (Fsp3) is 0.389. The molecule has 7 rings (SSSR count). The molecule has 48 heavy (non-hydrogen) atoms. The normalized spacial score (nSPS) is 20.3. The summed E-state index contributed by atoms with van der Waals surface area (Å²) in [7, 11) is 0. The predicted molar refractivity (Wildman–Crippen MR) is 181 cm³/mol. The average Bonchev–Trinajstić information content (AvgIpc) is 3.89. The van der Waals surface area contributed by atoms with Gasteiger partial charge in [0, 0.05) is 43.9 Å². The van der Waals surface area contributed by atoms with Crippen LogP contribution in [0.25, 0.3) is 5.69 Å². The van der Waals surface area contributed by atoms with Crippen molar-refractivity contribution in [2.75, 3.05) is 49.2 Å². The van der Waals surface area contributed by atoms with E-state index in [9.17, 15) is 4.79 Å². The van der Waals surface area contributed by atoms with Crippen molar-refractivity contribution in [1.29, 1.82) is 0 Å². The van der Waals surface area contributed by atoms with Crippen LogP contribution >= 0.6 is 0 Å². The van der Waals surface area contributed by atoms with Crippen molar-refractivity contribution in [3.8, 4) is 11.4 Å². The van der Waals surface area contributed by atoms with E-state index < -0.39 is 5.60 Å². The molecule has 2 aromatic heterocycles. The van der Waals surface area contributed by atoms with Crippen LogP contribution in [0.5, 0.6) is 5.75 Å². The van der Waals surface area contributed by atoms with Crippen molar-refractivity contribution in [3.05, 3.63) is 113 Å². The van der Waals surface area contributed by atoms with Crippen LogP contribution in [0.1, 0.15) is 38.3 Å². The molecule has 4 heterocycles. The number of nitrogens with zero attached hydrogens (tertiary/aromatic N) is 8. The Morgan fingerprint density at radius 1 is 0.938 bits per heavy atom. The third-order valence-electron chi connectivity index (χ3n) is 9.60. The van der Waals surface area contributed by atoms with E-state index in [0.717, 1.165) is 42.9 Å². The maximum atomic E-state index is 15.4. The van der Waals surface area contributed by atoms with E-state index in [1.54, 1.807) is 28.1 Å². The fourth-order valence-electron chi connectivity index (χ4n) is 6.71. The number of ether oxygens (including phenoxy) is 2. The van der Waals surface area contributed by atoms with E-state index in [0.29, 0.717) is 44.3 Å². The lowest BCUT2D eigenvalue weighted by atomic mass is 9.87. The highest BCUT2D eigenvalue weighted by Gasteiger charge is 2.43. The summed E-state index contributed by atoms with van der Waals surface area (Å²) in [6.45, 7) is 8.37. The van der Waals surface area contributed by atoms with Gasteiger partial charge in [-0.15, -0.1) is 0 Å². The highest BCUT2D eigenvalue weighted by atomic mass is 19.1. The molecular weight excluding hydrogens is 611 g/mol. The fourth-order valence-corrected chi connectivity index (χ4v) is 6.71. The summed E-state index contributed by atoms with van der Waals surface area (Å²) in [4.78, 5) is 18.8. The summed E-state index contributed by atoms with van der Waals surface area (Å²) >= 11 is 0. The number of hydrogen-bond acceptors (Lipinski definition) is 8. The third kappa shape index (κ3) is 6.44. The molecule has 2 saturated heterocycles. The lowest BCUT2D eigenvalue weighted by molar-refractivity contribution is -0.0209. The zero-order valence-corrected chi connectivity index (χ0v) is 27.4. The second kappa shape index (κ2) is 13.6. The average molecular weight is 653 g/mol. The van der Waals surface area contributed by atoms with Gasteiger partial charge >= 0.3 is 5.69 Å². The van der Waals surface area contributed by atoms with Gasteiger partial charge in [0.15, 0.2) is 0 Å². The largest absolute Gasteiger partial charge is 0.493 e. The number of piperazine rings is 1. The zero-order valence-electron chi connectivity index (χ0n) is 27.4. The molecule has 0 bridgehead atoms. The van der Waals surface area contributed by atoms with Crippen LogP contribution in [0.2, 0.25) is 0 Å². The molecular formula is C36H41FN8O3. The molecule has 1 unspecified atom stereocenters. The topological polar surface area (TPSA) is 95.5 Å². The maximum Gasteiger partial charge on any atom is 0.350 e. The van der Waals surface area contributed by atoms with E-state index in [-0.39, 0.29) is 23.5 Å². The summed E-state index contributed by atoms with van der Waals surface area (Å²) in [6.07, 6.45) is 6.50. The molecule has 3 aromatic carbocycles. The van der Waals surface area contributed by atoms with Gasteiger partial charge in [-0.25, -0.2) is 18.4 Å². The van der Waals surface area contributed by atoms with Gasteiger partial charge in [0.05, 0.1) is 49.6 Å². The smallest absolute Gasteiger partial charge is 0.350 e. The van der Waals surface area contributed by atoms with E-state index >= 15 is 4.39 Å². The Labute approximate surface area is 279 Å². The van der Waals surface area contributed by atoms with Crippen LogP contribution in [0.3, 0.4) is 0 Å². The standard InChI is InChI=1S/C36H41FN8O3/c1-3-27(2)45-35(46)43(26-40-45)31-11-9-30(10-12-31)41-17-19-42(20-18-41)34-14-13-32(21-33(34)37)47-23-28-22-36(48-24-28,25-44-38-15-16-39-44)29-7-5-4-6-8-29/h4-16,21,26-28H,3,17-20,22-25H2,1-2H3/t27?,28-,36+/m0/s1. The number of halogens is 1. The molecule has 3 atom stereocenters. The minimum absolute atomic E-state index is 0.0492. The van der Waals surface area contributed by atoms with Crippen molar-refractivity contribution in [2.24, 2.45) is 5.92 Å². The molecule has 11 nitrogen and oxygen atoms in total. The number of hydrogen-bond donors (Lipinski definition) is 0. The summed E-state index contributed by atoms with van der Waals surface area (Å²) in [5.74, 6) is 0.351. The molecule has 12 heteroatoms. The number of rotatable bonds is 11. The number of benzene rings is 3. The number of anilines is 2. The quantitative estimate of drug-likeness (QED) is 0.195. The Hall–Kier alpha value is -4.97. The first-order valence-corrected chi connectivity index (χ1v) is 16.6. The molecule has 2 fully saturated rings. The first-order valence-electron chi connectivity index (χ1n) is 16.6. The Balaban J connectivity index is 0.936. The highest BCUT2D eigenvalue weighted by Crippen LogP contribution is 2.40. The van der Waals surface area contributed by atoms with Gasteiger partial charge in [-0.3, -0.25) is 0 Å². The molecule has 0 radical (unpaired) electrons. The number of aromatic nitrogens is 6. The third-order valence-corrected chi connectivity index (χ3v) is 9.60. The van der Waals surface area contributed by atoms with Gasteiger partial charge in [-0.2, -0.15) is 20.1 Å². The minimum atomic E-state index is -0.551. The van der Waals surface area contributed by atoms with E-state index in [1.165, 1.54) is 10.7 Å². The van der Waals surface area contributed by atoms with Crippen LogP contribution in [0.15, 0.2) is 96.3 Å². The second-order valence-corrected chi connectivity index (χ2v) is 12.7. The minimum Gasteiger partial charge on any atom is -0.493 e. The van der Waals surface area contributed by atoms with Gasteiger partial charge in [0.25, 0.3) is 0 Å². The molecule has 0 aliphatic carbocycles. The zero-order chi connectivity index (χ0) is 33.1. The lowest BCUT2D eigenvalue weighted by Crippen LogP contribution is -2.46. The van der Waals surface area contributed by atoms with Crippen LogP contribution in [-0.2, 0) is 16.9 Å². The summed E-state index contributed by atoms with van der Waals surface area (Å²) < 4.78 is 31.0. The summed E-state index contributed by atoms with van der Waals surface area (Å²) in [6, 6.07) is 23.3. The predicted octanol–water partition coefficient (Wildman–Crippen LogP) is 5.07. The summed E-state index contributed by atoms with van der Waals surface area (Å²) in [5, 5.41) is 12.9. The van der Waals surface area contributed by atoms with Gasteiger partial charge in [-0.05, 0) is 61.7 Å². The van der Waals surface area contributed by atoms with Crippen LogP contribution in [0.4, 0.5) is 15.8 Å². The highest BCUT2D eigenvalue weighted by molar-refractivity contribution is 5.55. The molecule has 0 saturated carbocycles. The van der Waals surface area contributed by atoms with Crippen molar-refractivity contribution >= 4 is 11.4 Å². The molecule has 0 spiro atoms. The van der Waals surface area contributed by atoms with Crippen LogP contribution < -0.4 is 20.2 Å². The Bertz CT molecular complexity index is 1850.